The van der Waals surface area contributed by atoms with Crippen LogP contribution in [0.4, 0.5) is 5.13 Å². The van der Waals surface area contributed by atoms with E-state index in [2.05, 4.69) is 22.4 Å². The molecular formula is C9H13N3O2S2. The summed E-state index contributed by atoms with van der Waals surface area (Å²) in [5.74, 6) is 0.788. The summed E-state index contributed by atoms with van der Waals surface area (Å²) in [7, 11) is 0. The number of aliphatic carboxylic acids is 1. The molecule has 0 radical (unpaired) electrons. The molecule has 2 N–H and O–H groups in total. The molecule has 1 aromatic rings. The quantitative estimate of drug-likeness (QED) is 0.759. The van der Waals surface area contributed by atoms with Crippen molar-refractivity contribution in [1.82, 2.24) is 10.2 Å². The van der Waals surface area contributed by atoms with Crippen molar-refractivity contribution in [3.8, 4) is 0 Å². The van der Waals surface area contributed by atoms with Crippen LogP contribution in [-0.4, -0.2) is 33.6 Å². The lowest BCUT2D eigenvalue weighted by Crippen LogP contribution is -2.03. The fraction of sp³-hybridized carbons (Fsp3) is 0.667. The molecule has 1 heterocycles. The Morgan fingerprint density at radius 2 is 2.44 bits per heavy atom. The van der Waals surface area contributed by atoms with Crippen LogP contribution in [0.25, 0.3) is 0 Å². The molecule has 16 heavy (non-hydrogen) atoms. The Morgan fingerprint density at radius 3 is 3.06 bits per heavy atom. The number of nitrogens with zero attached hydrogens (tertiary/aromatic N) is 2. The third-order valence-electron chi connectivity index (χ3n) is 2.52. The highest BCUT2D eigenvalue weighted by Gasteiger charge is 2.32. The van der Waals surface area contributed by atoms with E-state index < -0.39 is 5.97 Å². The third-order valence-corrected chi connectivity index (χ3v) is 4.52. The van der Waals surface area contributed by atoms with Gasteiger partial charge in [0.1, 0.15) is 0 Å². The standard InChI is InChI=1S/C9H13N3O2S2/c1-5-2-6(5)3-10-8-11-12-9(16-8)15-4-7(13)14/h5-6H,2-4H2,1H3,(H,10,11)(H,13,14). The van der Waals surface area contributed by atoms with E-state index >= 15 is 0 Å². The molecule has 7 heteroatoms. The van der Waals surface area contributed by atoms with E-state index in [1.165, 1.54) is 29.5 Å². The number of rotatable bonds is 6. The van der Waals surface area contributed by atoms with E-state index in [1.807, 2.05) is 0 Å². The van der Waals surface area contributed by atoms with Gasteiger partial charge in [0.2, 0.25) is 5.13 Å². The predicted octanol–water partition coefficient (Wildman–Crippen LogP) is 1.78. The second-order valence-corrected chi connectivity index (χ2v) is 6.11. The maximum Gasteiger partial charge on any atom is 0.313 e. The highest BCUT2D eigenvalue weighted by molar-refractivity contribution is 8.01. The van der Waals surface area contributed by atoms with Crippen LogP contribution in [0.1, 0.15) is 13.3 Å². The van der Waals surface area contributed by atoms with Crippen molar-refractivity contribution >= 4 is 34.2 Å². The van der Waals surface area contributed by atoms with Crippen molar-refractivity contribution in [2.45, 2.75) is 17.7 Å². The van der Waals surface area contributed by atoms with Crippen LogP contribution in [0.15, 0.2) is 4.34 Å². The summed E-state index contributed by atoms with van der Waals surface area (Å²) in [6, 6.07) is 0. The molecular weight excluding hydrogens is 246 g/mol. The third kappa shape index (κ3) is 3.34. The highest BCUT2D eigenvalue weighted by Crippen LogP contribution is 2.37. The maximum absolute atomic E-state index is 10.4. The first-order chi connectivity index (χ1) is 7.65. The predicted molar refractivity (Wildman–Crippen MR) is 64.0 cm³/mol. The summed E-state index contributed by atoms with van der Waals surface area (Å²) in [4.78, 5) is 10.4. The lowest BCUT2D eigenvalue weighted by molar-refractivity contribution is -0.133. The SMILES string of the molecule is CC1CC1CNc1nnc(SCC(=O)O)s1. The first kappa shape index (κ1) is 11.7. The zero-order valence-corrected chi connectivity index (χ0v) is 10.5. The Bertz CT molecular complexity index is 383. The number of nitrogens with one attached hydrogen (secondary N) is 1. The van der Waals surface area contributed by atoms with Gasteiger partial charge in [-0.05, 0) is 18.3 Å². The molecule has 1 aromatic heterocycles. The fourth-order valence-electron chi connectivity index (χ4n) is 1.36. The Labute approximate surface area is 102 Å². The number of carboxylic acids is 1. The Kier molecular flexibility index (Phi) is 3.65. The van der Waals surface area contributed by atoms with Crippen LogP contribution in [-0.2, 0) is 4.79 Å². The van der Waals surface area contributed by atoms with Gasteiger partial charge in [-0.1, -0.05) is 30.0 Å². The molecule has 5 nitrogen and oxygen atoms in total. The lowest BCUT2D eigenvalue weighted by atomic mass is 10.3. The molecule has 0 bridgehead atoms. The van der Waals surface area contributed by atoms with Crippen LogP contribution in [0.3, 0.4) is 0 Å². The highest BCUT2D eigenvalue weighted by atomic mass is 32.2. The van der Waals surface area contributed by atoms with E-state index in [9.17, 15) is 4.79 Å². The minimum Gasteiger partial charge on any atom is -0.481 e. The van der Waals surface area contributed by atoms with Gasteiger partial charge in [0.25, 0.3) is 0 Å². The molecule has 0 amide bonds. The minimum absolute atomic E-state index is 0.0360. The number of hydrogen-bond acceptors (Lipinski definition) is 6. The van der Waals surface area contributed by atoms with Crippen molar-refractivity contribution < 1.29 is 9.90 Å². The number of carboxylic acid groups (broad SMARTS) is 1. The van der Waals surface area contributed by atoms with Gasteiger partial charge in [-0.2, -0.15) is 0 Å². The average Bonchev–Trinajstić information content (AvgIpc) is 2.77. The molecule has 0 aromatic carbocycles. The van der Waals surface area contributed by atoms with Crippen LogP contribution >= 0.6 is 23.1 Å². The molecule has 1 saturated carbocycles. The molecule has 2 atom stereocenters. The van der Waals surface area contributed by atoms with E-state index in [1.54, 1.807) is 0 Å². The monoisotopic (exact) mass is 259 g/mol. The zero-order valence-electron chi connectivity index (χ0n) is 8.84. The average molecular weight is 259 g/mol. The van der Waals surface area contributed by atoms with Crippen LogP contribution < -0.4 is 5.32 Å². The van der Waals surface area contributed by atoms with Crippen molar-refractivity contribution in [2.24, 2.45) is 11.8 Å². The summed E-state index contributed by atoms with van der Waals surface area (Å²) in [5.41, 5.74) is 0. The molecule has 1 aliphatic carbocycles. The van der Waals surface area contributed by atoms with Gasteiger partial charge in [0, 0.05) is 6.54 Å². The van der Waals surface area contributed by atoms with Gasteiger partial charge < -0.3 is 10.4 Å². The Morgan fingerprint density at radius 1 is 1.69 bits per heavy atom. The molecule has 0 saturated heterocycles. The van der Waals surface area contributed by atoms with Crippen molar-refractivity contribution in [3.05, 3.63) is 0 Å². The van der Waals surface area contributed by atoms with Crippen LogP contribution in [0, 0.1) is 11.8 Å². The van der Waals surface area contributed by atoms with Gasteiger partial charge in [0.15, 0.2) is 4.34 Å². The molecule has 88 valence electrons. The summed E-state index contributed by atoms with van der Waals surface area (Å²) in [6.45, 7) is 3.18. The van der Waals surface area contributed by atoms with Crippen molar-refractivity contribution in [3.63, 3.8) is 0 Å². The number of aromatic nitrogens is 2. The van der Waals surface area contributed by atoms with Gasteiger partial charge in [-0.25, -0.2) is 0 Å². The van der Waals surface area contributed by atoms with Gasteiger partial charge in [-0.3, -0.25) is 4.79 Å². The number of carbonyl (C=O) groups is 1. The molecule has 2 unspecified atom stereocenters. The minimum atomic E-state index is -0.832. The van der Waals surface area contributed by atoms with E-state index in [-0.39, 0.29) is 5.75 Å². The Balaban J connectivity index is 1.75. The first-order valence-electron chi connectivity index (χ1n) is 5.07. The van der Waals surface area contributed by atoms with E-state index in [0.29, 0.717) is 4.34 Å². The molecule has 1 fully saturated rings. The van der Waals surface area contributed by atoms with Crippen molar-refractivity contribution in [2.75, 3.05) is 17.6 Å². The first-order valence-corrected chi connectivity index (χ1v) is 6.87. The number of hydrogen-bond donors (Lipinski definition) is 2. The second kappa shape index (κ2) is 5.01. The fourth-order valence-corrected chi connectivity index (χ4v) is 2.84. The molecule has 2 rings (SSSR count). The molecule has 1 aliphatic rings. The summed E-state index contributed by atoms with van der Waals surface area (Å²) >= 11 is 2.62. The van der Waals surface area contributed by atoms with E-state index in [4.69, 9.17) is 5.11 Å². The topological polar surface area (TPSA) is 75.1 Å². The summed E-state index contributed by atoms with van der Waals surface area (Å²) in [6.07, 6.45) is 1.28. The van der Waals surface area contributed by atoms with Crippen LogP contribution in [0.2, 0.25) is 0 Å². The van der Waals surface area contributed by atoms with Crippen molar-refractivity contribution in [1.29, 1.82) is 0 Å². The largest absolute Gasteiger partial charge is 0.481 e. The van der Waals surface area contributed by atoms with Gasteiger partial charge >= 0.3 is 5.97 Å². The van der Waals surface area contributed by atoms with Crippen LogP contribution in [0.5, 0.6) is 0 Å². The zero-order chi connectivity index (χ0) is 11.5. The van der Waals surface area contributed by atoms with Gasteiger partial charge in [0.05, 0.1) is 5.75 Å². The number of anilines is 1. The smallest absolute Gasteiger partial charge is 0.313 e. The molecule has 0 aliphatic heterocycles. The van der Waals surface area contributed by atoms with Gasteiger partial charge in [-0.15, -0.1) is 10.2 Å². The second-order valence-electron chi connectivity index (χ2n) is 3.91. The maximum atomic E-state index is 10.4. The normalized spacial score (nSPS) is 23.1. The molecule has 0 spiro atoms. The summed E-state index contributed by atoms with van der Waals surface area (Å²) in [5, 5.41) is 20.4. The Hall–Kier alpha value is -0.820. The lowest BCUT2D eigenvalue weighted by Gasteiger charge is -1.98. The summed E-state index contributed by atoms with van der Waals surface area (Å²) < 4.78 is 0.703. The number of thioether (sulfide) groups is 1. The van der Waals surface area contributed by atoms with E-state index in [0.717, 1.165) is 23.5 Å².